The molecule has 0 atom stereocenters. The highest BCUT2D eigenvalue weighted by atomic mass is 32.1. The Balaban J connectivity index is 1.86. The molecule has 0 bridgehead atoms. The molecule has 0 aliphatic heterocycles. The molecule has 0 saturated carbocycles. The molecular formula is C14H12FN3OS. The number of amides is 1. The number of aromatic nitrogens is 2. The third-order valence-corrected chi connectivity index (χ3v) is 4.05. The molecule has 1 aromatic carbocycles. The number of aryl methyl sites for hydroxylation is 1. The van der Waals surface area contributed by atoms with Crippen molar-refractivity contribution in [2.45, 2.75) is 13.5 Å². The van der Waals surface area contributed by atoms with Gasteiger partial charge >= 0.3 is 0 Å². The number of thiophene rings is 1. The van der Waals surface area contributed by atoms with E-state index in [1.54, 1.807) is 35.3 Å². The topological polar surface area (TPSA) is 46.9 Å². The van der Waals surface area contributed by atoms with E-state index in [1.165, 1.54) is 17.4 Å². The van der Waals surface area contributed by atoms with Gasteiger partial charge < -0.3 is 5.32 Å². The third kappa shape index (κ3) is 2.30. The number of fused-ring (bicyclic) bond motifs is 1. The molecule has 0 unspecified atom stereocenters. The minimum atomic E-state index is -0.309. The predicted octanol–water partition coefficient (Wildman–Crippen LogP) is 3.51. The van der Waals surface area contributed by atoms with E-state index in [0.29, 0.717) is 16.0 Å². The van der Waals surface area contributed by atoms with E-state index in [1.807, 2.05) is 6.92 Å². The smallest absolute Gasteiger partial charge is 0.265 e. The number of anilines is 1. The van der Waals surface area contributed by atoms with Crippen LogP contribution < -0.4 is 5.32 Å². The Kier molecular flexibility index (Phi) is 3.23. The number of rotatable bonds is 3. The molecule has 2 aromatic heterocycles. The van der Waals surface area contributed by atoms with E-state index in [4.69, 9.17) is 0 Å². The molecule has 0 radical (unpaired) electrons. The minimum absolute atomic E-state index is 0.249. The minimum Gasteiger partial charge on any atom is -0.319 e. The van der Waals surface area contributed by atoms with Gasteiger partial charge in [0, 0.05) is 22.8 Å². The van der Waals surface area contributed by atoms with E-state index >= 15 is 0 Å². The molecule has 0 spiro atoms. The van der Waals surface area contributed by atoms with Gasteiger partial charge in [-0.1, -0.05) is 6.07 Å². The van der Waals surface area contributed by atoms with Crippen molar-refractivity contribution in [3.63, 3.8) is 0 Å². The van der Waals surface area contributed by atoms with Gasteiger partial charge in [0.15, 0.2) is 0 Å². The third-order valence-electron chi connectivity index (χ3n) is 2.95. The fourth-order valence-electron chi connectivity index (χ4n) is 1.93. The number of nitrogens with one attached hydrogen (secondary N) is 1. The predicted molar refractivity (Wildman–Crippen MR) is 77.6 cm³/mol. The van der Waals surface area contributed by atoms with Crippen LogP contribution in [0.3, 0.4) is 0 Å². The molecule has 20 heavy (non-hydrogen) atoms. The molecule has 3 rings (SSSR count). The van der Waals surface area contributed by atoms with Crippen LogP contribution in [0.5, 0.6) is 0 Å². The molecule has 3 aromatic rings. The van der Waals surface area contributed by atoms with Crippen molar-refractivity contribution in [1.82, 2.24) is 9.78 Å². The molecule has 1 amide bonds. The highest BCUT2D eigenvalue weighted by Gasteiger charge is 2.13. The number of hydrogen-bond donors (Lipinski definition) is 1. The van der Waals surface area contributed by atoms with Crippen LogP contribution in [-0.2, 0) is 6.54 Å². The molecular weight excluding hydrogens is 277 g/mol. The Morgan fingerprint density at radius 2 is 2.35 bits per heavy atom. The first-order valence-corrected chi connectivity index (χ1v) is 7.01. The van der Waals surface area contributed by atoms with Crippen molar-refractivity contribution < 1.29 is 9.18 Å². The van der Waals surface area contributed by atoms with Crippen LogP contribution in [0, 0.1) is 5.82 Å². The second kappa shape index (κ2) is 5.05. The summed E-state index contributed by atoms with van der Waals surface area (Å²) in [5.41, 5.74) is 0.634. The summed E-state index contributed by atoms with van der Waals surface area (Å²) < 4.78 is 16.1. The van der Waals surface area contributed by atoms with Gasteiger partial charge in [-0.2, -0.15) is 5.10 Å². The molecule has 2 heterocycles. The first kappa shape index (κ1) is 12.8. The SMILES string of the molecule is CCn1cc(NC(=O)c2cc3c(F)cccc3s2)cn1. The van der Waals surface area contributed by atoms with Gasteiger partial charge in [-0.25, -0.2) is 4.39 Å². The number of carbonyl (C=O) groups excluding carboxylic acids is 1. The summed E-state index contributed by atoms with van der Waals surface area (Å²) in [7, 11) is 0. The zero-order valence-corrected chi connectivity index (χ0v) is 11.6. The van der Waals surface area contributed by atoms with Crippen LogP contribution in [0.25, 0.3) is 10.1 Å². The number of halogens is 1. The summed E-state index contributed by atoms with van der Waals surface area (Å²) in [6, 6.07) is 6.41. The van der Waals surface area contributed by atoms with Crippen LogP contribution in [0.1, 0.15) is 16.6 Å². The van der Waals surface area contributed by atoms with Gasteiger partial charge in [0.1, 0.15) is 5.82 Å². The van der Waals surface area contributed by atoms with Gasteiger partial charge in [-0.3, -0.25) is 9.48 Å². The van der Waals surface area contributed by atoms with E-state index in [0.717, 1.165) is 11.2 Å². The Hall–Kier alpha value is -2.21. The molecule has 4 nitrogen and oxygen atoms in total. The van der Waals surface area contributed by atoms with Crippen molar-refractivity contribution in [3.05, 3.63) is 47.4 Å². The monoisotopic (exact) mass is 289 g/mol. The van der Waals surface area contributed by atoms with Gasteiger partial charge in [0.2, 0.25) is 0 Å². The lowest BCUT2D eigenvalue weighted by atomic mass is 10.2. The Morgan fingerprint density at radius 3 is 3.05 bits per heavy atom. The fraction of sp³-hybridized carbons (Fsp3) is 0.143. The van der Waals surface area contributed by atoms with Crippen molar-refractivity contribution >= 4 is 33.0 Å². The van der Waals surface area contributed by atoms with Gasteiger partial charge in [-0.05, 0) is 25.1 Å². The molecule has 6 heteroatoms. The van der Waals surface area contributed by atoms with Crippen molar-refractivity contribution in [3.8, 4) is 0 Å². The van der Waals surface area contributed by atoms with Crippen LogP contribution >= 0.6 is 11.3 Å². The zero-order valence-electron chi connectivity index (χ0n) is 10.8. The lowest BCUT2D eigenvalue weighted by Crippen LogP contribution is -2.09. The highest BCUT2D eigenvalue weighted by Crippen LogP contribution is 2.28. The first-order chi connectivity index (χ1) is 9.67. The van der Waals surface area contributed by atoms with Crippen LogP contribution in [0.15, 0.2) is 36.7 Å². The second-order valence-electron chi connectivity index (χ2n) is 4.30. The standard InChI is InChI=1S/C14H12FN3OS/c1-2-18-8-9(7-16-18)17-14(19)13-6-10-11(15)4-3-5-12(10)20-13/h3-8H,2H2,1H3,(H,17,19). The lowest BCUT2D eigenvalue weighted by molar-refractivity contribution is 0.103. The van der Waals surface area contributed by atoms with Crippen molar-refractivity contribution in [2.75, 3.05) is 5.32 Å². The molecule has 0 saturated heterocycles. The molecule has 0 fully saturated rings. The maximum atomic E-state index is 13.6. The maximum absolute atomic E-state index is 13.6. The summed E-state index contributed by atoms with van der Waals surface area (Å²) >= 11 is 1.27. The molecule has 1 N–H and O–H groups in total. The molecule has 102 valence electrons. The van der Waals surface area contributed by atoms with Crippen LogP contribution in [0.4, 0.5) is 10.1 Å². The largest absolute Gasteiger partial charge is 0.319 e. The summed E-state index contributed by atoms with van der Waals surface area (Å²) in [5, 5.41) is 7.32. The van der Waals surface area contributed by atoms with E-state index < -0.39 is 0 Å². The van der Waals surface area contributed by atoms with E-state index in [9.17, 15) is 9.18 Å². The summed E-state index contributed by atoms with van der Waals surface area (Å²) in [6.45, 7) is 2.71. The Labute approximate surface area is 118 Å². The Morgan fingerprint density at radius 1 is 1.50 bits per heavy atom. The maximum Gasteiger partial charge on any atom is 0.265 e. The fourth-order valence-corrected chi connectivity index (χ4v) is 2.90. The van der Waals surface area contributed by atoms with Crippen molar-refractivity contribution in [2.24, 2.45) is 0 Å². The number of hydrogen-bond acceptors (Lipinski definition) is 3. The number of benzene rings is 1. The second-order valence-corrected chi connectivity index (χ2v) is 5.38. The van der Waals surface area contributed by atoms with Gasteiger partial charge in [0.25, 0.3) is 5.91 Å². The average Bonchev–Trinajstić information content (AvgIpc) is 3.05. The van der Waals surface area contributed by atoms with Gasteiger partial charge in [0.05, 0.1) is 16.8 Å². The van der Waals surface area contributed by atoms with Crippen LogP contribution in [-0.4, -0.2) is 15.7 Å². The van der Waals surface area contributed by atoms with Crippen LogP contribution in [0.2, 0.25) is 0 Å². The summed E-state index contributed by atoms with van der Waals surface area (Å²) in [5.74, 6) is -0.558. The lowest BCUT2D eigenvalue weighted by Gasteiger charge is -1.98. The van der Waals surface area contributed by atoms with Gasteiger partial charge in [-0.15, -0.1) is 11.3 Å². The number of nitrogens with zero attached hydrogens (tertiary/aromatic N) is 2. The van der Waals surface area contributed by atoms with Crippen molar-refractivity contribution in [1.29, 1.82) is 0 Å². The molecule has 0 aliphatic rings. The zero-order chi connectivity index (χ0) is 14.1. The summed E-state index contributed by atoms with van der Waals surface area (Å²) in [6.07, 6.45) is 3.35. The normalized spacial score (nSPS) is 10.9. The molecule has 0 aliphatic carbocycles. The Bertz CT molecular complexity index is 778. The quantitative estimate of drug-likeness (QED) is 0.802. The first-order valence-electron chi connectivity index (χ1n) is 6.19. The highest BCUT2D eigenvalue weighted by molar-refractivity contribution is 7.20. The van der Waals surface area contributed by atoms with E-state index in [-0.39, 0.29) is 11.7 Å². The number of carbonyl (C=O) groups is 1. The summed E-state index contributed by atoms with van der Waals surface area (Å²) in [4.78, 5) is 12.6. The average molecular weight is 289 g/mol. The van der Waals surface area contributed by atoms with E-state index in [2.05, 4.69) is 10.4 Å².